The Labute approximate surface area is 181 Å². The van der Waals surface area contributed by atoms with Gasteiger partial charge in [0.05, 0.1) is 6.04 Å². The Bertz CT molecular complexity index is 1220. The lowest BCUT2D eigenvalue weighted by Crippen LogP contribution is -2.21. The highest BCUT2D eigenvalue weighted by molar-refractivity contribution is 5.83. The lowest BCUT2D eigenvalue weighted by molar-refractivity contribution is 0.551. The maximum absolute atomic E-state index is 6.64. The Balaban J connectivity index is 1.43. The van der Waals surface area contributed by atoms with Crippen molar-refractivity contribution < 1.29 is 0 Å². The van der Waals surface area contributed by atoms with Gasteiger partial charge in [-0.05, 0) is 29.2 Å². The Hall–Kier alpha value is -3.70. The average Bonchev–Trinajstić information content (AvgIpc) is 3.46. The van der Waals surface area contributed by atoms with E-state index in [1.165, 1.54) is 22.1 Å². The van der Waals surface area contributed by atoms with Gasteiger partial charge in [0.1, 0.15) is 12.2 Å². The highest BCUT2D eigenvalue weighted by atomic mass is 15.3. The molecule has 0 saturated carbocycles. The summed E-state index contributed by atoms with van der Waals surface area (Å²) in [5.41, 5.74) is 11.5. The molecule has 0 aliphatic rings. The zero-order valence-corrected chi connectivity index (χ0v) is 17.2. The van der Waals surface area contributed by atoms with Crippen molar-refractivity contribution in [2.75, 3.05) is 0 Å². The predicted molar refractivity (Wildman–Crippen MR) is 124 cm³/mol. The number of H-pyrrole nitrogens is 1. The SMILES string of the molecule is N[C@@H](Cc1c[nH]c2ccccc12)c1nncn1CC(c1ccccc1)c1ccccc1. The van der Waals surface area contributed by atoms with Crippen LogP contribution in [0.3, 0.4) is 0 Å². The van der Waals surface area contributed by atoms with Crippen LogP contribution in [0.1, 0.15) is 34.5 Å². The standard InChI is InChI=1S/C26H25N5/c27-24(15-21-16-28-25-14-8-7-13-22(21)25)26-30-29-18-31(26)17-23(19-9-3-1-4-10-19)20-11-5-2-6-12-20/h1-14,16,18,23-24,28H,15,17,27H2/t24-/m0/s1. The molecule has 2 aromatic heterocycles. The predicted octanol–water partition coefficient (Wildman–Crippen LogP) is 4.83. The molecule has 0 aliphatic carbocycles. The molecule has 0 aliphatic heterocycles. The summed E-state index contributed by atoms with van der Waals surface area (Å²) in [7, 11) is 0. The first-order valence-corrected chi connectivity index (χ1v) is 10.6. The molecular formula is C26H25N5. The van der Waals surface area contributed by atoms with Crippen molar-refractivity contribution in [1.82, 2.24) is 19.7 Å². The summed E-state index contributed by atoms with van der Waals surface area (Å²) in [6.45, 7) is 0.734. The summed E-state index contributed by atoms with van der Waals surface area (Å²) in [4.78, 5) is 3.33. The fourth-order valence-electron chi connectivity index (χ4n) is 4.29. The molecule has 5 nitrogen and oxygen atoms in total. The zero-order valence-electron chi connectivity index (χ0n) is 17.2. The summed E-state index contributed by atoms with van der Waals surface area (Å²) >= 11 is 0. The van der Waals surface area contributed by atoms with Crippen LogP contribution in [0, 0.1) is 0 Å². The third-order valence-electron chi connectivity index (χ3n) is 5.88. The van der Waals surface area contributed by atoms with Gasteiger partial charge < -0.3 is 15.3 Å². The molecule has 0 unspecified atom stereocenters. The van der Waals surface area contributed by atoms with E-state index in [1.807, 2.05) is 24.4 Å². The normalized spacial score (nSPS) is 12.5. The number of nitrogens with two attached hydrogens (primary N) is 1. The Kier molecular flexibility index (Phi) is 5.33. The smallest absolute Gasteiger partial charge is 0.150 e. The lowest BCUT2D eigenvalue weighted by atomic mass is 9.91. The van der Waals surface area contributed by atoms with E-state index in [9.17, 15) is 0 Å². The van der Waals surface area contributed by atoms with Crippen molar-refractivity contribution in [1.29, 1.82) is 0 Å². The topological polar surface area (TPSA) is 72.5 Å². The van der Waals surface area contributed by atoms with Gasteiger partial charge in [-0.3, -0.25) is 0 Å². The van der Waals surface area contributed by atoms with Gasteiger partial charge in [0, 0.05) is 29.6 Å². The van der Waals surface area contributed by atoms with Gasteiger partial charge in [0.25, 0.3) is 0 Å². The van der Waals surface area contributed by atoms with Crippen molar-refractivity contribution >= 4 is 10.9 Å². The maximum atomic E-state index is 6.64. The quantitative estimate of drug-likeness (QED) is 0.406. The highest BCUT2D eigenvalue weighted by Gasteiger charge is 2.20. The van der Waals surface area contributed by atoms with Gasteiger partial charge in [-0.15, -0.1) is 10.2 Å². The van der Waals surface area contributed by atoms with Crippen LogP contribution < -0.4 is 5.73 Å². The molecule has 3 N–H and O–H groups in total. The molecule has 0 saturated heterocycles. The van der Waals surface area contributed by atoms with Gasteiger partial charge in [-0.2, -0.15) is 0 Å². The Morgan fingerprint density at radius 3 is 2.19 bits per heavy atom. The van der Waals surface area contributed by atoms with Gasteiger partial charge >= 0.3 is 0 Å². The van der Waals surface area contributed by atoms with Crippen LogP contribution >= 0.6 is 0 Å². The van der Waals surface area contributed by atoms with E-state index >= 15 is 0 Å². The van der Waals surface area contributed by atoms with E-state index in [1.54, 1.807) is 6.33 Å². The van der Waals surface area contributed by atoms with Crippen molar-refractivity contribution in [3.8, 4) is 0 Å². The van der Waals surface area contributed by atoms with Crippen LogP contribution in [0.15, 0.2) is 97.5 Å². The molecule has 5 aromatic rings. The second-order valence-electron chi connectivity index (χ2n) is 7.89. The first-order chi connectivity index (χ1) is 15.3. The number of para-hydroxylation sites is 1. The number of nitrogens with zero attached hydrogens (tertiary/aromatic N) is 3. The number of rotatable bonds is 7. The van der Waals surface area contributed by atoms with Crippen molar-refractivity contribution in [2.45, 2.75) is 24.9 Å². The second-order valence-corrected chi connectivity index (χ2v) is 7.89. The third-order valence-corrected chi connectivity index (χ3v) is 5.88. The fourth-order valence-corrected chi connectivity index (χ4v) is 4.29. The lowest BCUT2D eigenvalue weighted by Gasteiger charge is -2.21. The molecule has 154 valence electrons. The van der Waals surface area contributed by atoms with E-state index in [4.69, 9.17) is 5.73 Å². The number of nitrogens with one attached hydrogen (secondary N) is 1. The summed E-state index contributed by atoms with van der Waals surface area (Å²) in [6.07, 6.45) is 4.54. The van der Waals surface area contributed by atoms with E-state index in [2.05, 4.69) is 86.5 Å². The van der Waals surface area contributed by atoms with Crippen LogP contribution in [0.2, 0.25) is 0 Å². The number of benzene rings is 3. The van der Waals surface area contributed by atoms with Gasteiger partial charge in [0.15, 0.2) is 0 Å². The first-order valence-electron chi connectivity index (χ1n) is 10.6. The third kappa shape index (κ3) is 4.00. The van der Waals surface area contributed by atoms with Gasteiger partial charge in [0.2, 0.25) is 0 Å². The summed E-state index contributed by atoms with van der Waals surface area (Å²) in [5.74, 6) is 1.000. The molecule has 5 rings (SSSR count). The average molecular weight is 408 g/mol. The number of fused-ring (bicyclic) bond motifs is 1. The van der Waals surface area contributed by atoms with Gasteiger partial charge in [-0.1, -0.05) is 78.9 Å². The summed E-state index contributed by atoms with van der Waals surface area (Å²) < 4.78 is 2.10. The van der Waals surface area contributed by atoms with E-state index in [-0.39, 0.29) is 12.0 Å². The van der Waals surface area contributed by atoms with Gasteiger partial charge in [-0.25, -0.2) is 0 Å². The minimum Gasteiger partial charge on any atom is -0.361 e. The van der Waals surface area contributed by atoms with Crippen LogP contribution in [0.4, 0.5) is 0 Å². The molecule has 0 spiro atoms. The Morgan fingerprint density at radius 2 is 1.48 bits per heavy atom. The molecule has 0 fully saturated rings. The van der Waals surface area contributed by atoms with Crippen LogP contribution in [-0.2, 0) is 13.0 Å². The number of hydrogen-bond acceptors (Lipinski definition) is 3. The van der Waals surface area contributed by atoms with Crippen molar-refractivity contribution in [2.24, 2.45) is 5.73 Å². The fraction of sp³-hybridized carbons (Fsp3) is 0.154. The van der Waals surface area contributed by atoms with E-state index < -0.39 is 0 Å². The van der Waals surface area contributed by atoms with Crippen molar-refractivity contribution in [3.05, 3.63) is 120 Å². The largest absolute Gasteiger partial charge is 0.361 e. The number of aromatic nitrogens is 4. The molecule has 5 heteroatoms. The zero-order chi connectivity index (χ0) is 21.0. The molecule has 0 amide bonds. The van der Waals surface area contributed by atoms with E-state index in [0.717, 1.165) is 17.9 Å². The monoisotopic (exact) mass is 407 g/mol. The molecule has 1 atom stereocenters. The van der Waals surface area contributed by atoms with Crippen LogP contribution in [0.5, 0.6) is 0 Å². The molecule has 0 radical (unpaired) electrons. The van der Waals surface area contributed by atoms with E-state index in [0.29, 0.717) is 6.42 Å². The number of hydrogen-bond donors (Lipinski definition) is 2. The summed E-state index contributed by atoms with van der Waals surface area (Å²) in [5, 5.41) is 9.80. The van der Waals surface area contributed by atoms with Crippen molar-refractivity contribution in [3.63, 3.8) is 0 Å². The maximum Gasteiger partial charge on any atom is 0.150 e. The highest BCUT2D eigenvalue weighted by Crippen LogP contribution is 2.28. The molecule has 0 bridgehead atoms. The second kappa shape index (κ2) is 8.58. The first kappa shape index (κ1) is 19.3. The van der Waals surface area contributed by atoms with Crippen LogP contribution in [-0.4, -0.2) is 19.7 Å². The minimum atomic E-state index is -0.242. The minimum absolute atomic E-state index is 0.192. The molecule has 3 aromatic carbocycles. The molecule has 2 heterocycles. The summed E-state index contributed by atoms with van der Waals surface area (Å²) in [6, 6.07) is 29.2. The molecular weight excluding hydrogens is 382 g/mol. The molecule has 31 heavy (non-hydrogen) atoms. The van der Waals surface area contributed by atoms with Crippen LogP contribution in [0.25, 0.3) is 10.9 Å². The Morgan fingerprint density at radius 1 is 0.839 bits per heavy atom. The number of aromatic amines is 1.